The van der Waals surface area contributed by atoms with E-state index < -0.39 is 23.3 Å². The maximum Gasteiger partial charge on any atom is 0.434 e. The van der Waals surface area contributed by atoms with Crippen LogP contribution in [0.4, 0.5) is 18.3 Å². The Morgan fingerprint density at radius 3 is 2.54 bits per heavy atom. The van der Waals surface area contributed by atoms with Crippen molar-refractivity contribution in [1.82, 2.24) is 14.8 Å². The number of hydrogen-bond acceptors (Lipinski definition) is 4. The van der Waals surface area contributed by atoms with Gasteiger partial charge < -0.3 is 0 Å². The van der Waals surface area contributed by atoms with Gasteiger partial charge in [-0.05, 0) is 19.1 Å². The first-order chi connectivity index (χ1) is 11.4. The molecule has 0 radical (unpaired) electrons. The Labute approximate surface area is 138 Å². The molecule has 124 valence electrons. The molecule has 2 aromatic heterocycles. The number of aromatic nitrogens is 3. The average molecular weight is 352 g/mol. The molecule has 0 saturated heterocycles. The smallest absolute Gasteiger partial charge is 0.298 e. The predicted octanol–water partition coefficient (Wildman–Crippen LogP) is 3.91. The molecule has 0 aliphatic rings. The third-order valence-corrected chi connectivity index (χ3v) is 3.90. The summed E-state index contributed by atoms with van der Waals surface area (Å²) in [5.74, 6) is -0.907. The second-order valence-corrected chi connectivity index (χ2v) is 5.84. The molecular formula is C15H11F3N4OS. The summed E-state index contributed by atoms with van der Waals surface area (Å²) < 4.78 is 41.2. The van der Waals surface area contributed by atoms with Gasteiger partial charge in [0.15, 0.2) is 10.8 Å². The highest BCUT2D eigenvalue weighted by atomic mass is 32.1. The largest absolute Gasteiger partial charge is 0.434 e. The number of alkyl halides is 3. The number of carbonyl (C=O) groups is 1. The normalized spacial score (nSPS) is 11.5. The summed E-state index contributed by atoms with van der Waals surface area (Å²) >= 11 is 1.11. The van der Waals surface area contributed by atoms with E-state index in [0.29, 0.717) is 0 Å². The molecule has 1 N–H and O–H groups in total. The van der Waals surface area contributed by atoms with Crippen LogP contribution in [0.5, 0.6) is 0 Å². The number of nitrogens with one attached hydrogen (secondary N) is 1. The Kier molecular flexibility index (Phi) is 4.10. The highest BCUT2D eigenvalue weighted by Gasteiger charge is 2.40. The second kappa shape index (κ2) is 6.08. The van der Waals surface area contributed by atoms with E-state index in [1.165, 1.54) is 18.3 Å². The number of hydrogen-bond donors (Lipinski definition) is 1. The fraction of sp³-hybridized carbons (Fsp3) is 0.133. The number of thiazole rings is 1. The van der Waals surface area contributed by atoms with E-state index in [2.05, 4.69) is 15.4 Å². The molecule has 0 aliphatic heterocycles. The Balaban J connectivity index is 2.04. The molecule has 24 heavy (non-hydrogen) atoms. The van der Waals surface area contributed by atoms with Crippen molar-refractivity contribution in [1.29, 1.82) is 0 Å². The molecule has 0 aliphatic carbocycles. The lowest BCUT2D eigenvalue weighted by Gasteiger charge is -2.12. The molecule has 0 saturated carbocycles. The van der Waals surface area contributed by atoms with Gasteiger partial charge >= 0.3 is 6.18 Å². The summed E-state index contributed by atoms with van der Waals surface area (Å²) in [4.78, 5) is 16.0. The van der Waals surface area contributed by atoms with E-state index in [0.717, 1.165) is 27.8 Å². The van der Waals surface area contributed by atoms with Crippen molar-refractivity contribution in [3.8, 4) is 5.69 Å². The van der Waals surface area contributed by atoms with Crippen molar-refractivity contribution in [3.63, 3.8) is 0 Å². The van der Waals surface area contributed by atoms with E-state index in [4.69, 9.17) is 0 Å². The molecule has 0 bridgehead atoms. The number of benzene rings is 1. The van der Waals surface area contributed by atoms with Crippen LogP contribution in [-0.2, 0) is 6.18 Å². The predicted molar refractivity (Wildman–Crippen MR) is 83.4 cm³/mol. The van der Waals surface area contributed by atoms with Crippen molar-refractivity contribution in [3.05, 3.63) is 58.9 Å². The van der Waals surface area contributed by atoms with E-state index in [-0.39, 0.29) is 10.8 Å². The third kappa shape index (κ3) is 3.16. The summed E-state index contributed by atoms with van der Waals surface area (Å²) in [5.41, 5.74) is -0.555. The van der Waals surface area contributed by atoms with E-state index in [9.17, 15) is 18.0 Å². The molecule has 0 unspecified atom stereocenters. The van der Waals surface area contributed by atoms with Gasteiger partial charge in [-0.25, -0.2) is 9.67 Å². The Morgan fingerprint density at radius 1 is 1.25 bits per heavy atom. The van der Waals surface area contributed by atoms with Crippen LogP contribution in [0.3, 0.4) is 0 Å². The first-order valence-corrected chi connectivity index (χ1v) is 7.67. The van der Waals surface area contributed by atoms with Crippen molar-refractivity contribution in [2.24, 2.45) is 0 Å². The quantitative estimate of drug-likeness (QED) is 0.777. The maximum atomic E-state index is 13.5. The third-order valence-electron chi connectivity index (χ3n) is 3.21. The number of carbonyl (C=O) groups excluding carboxylic acids is 1. The summed E-state index contributed by atoms with van der Waals surface area (Å²) in [5, 5.41) is 7.92. The Hall–Kier alpha value is -2.68. The lowest BCUT2D eigenvalue weighted by atomic mass is 10.2. The van der Waals surface area contributed by atoms with Crippen molar-refractivity contribution in [2.45, 2.75) is 13.1 Å². The molecule has 0 spiro atoms. The number of aryl methyl sites for hydroxylation is 1. The van der Waals surface area contributed by atoms with Crippen LogP contribution in [-0.4, -0.2) is 20.7 Å². The SMILES string of the molecule is Cc1ccc(-n2ncc(C(=O)Nc3nccs3)c2C(F)(F)F)cc1. The standard InChI is InChI=1S/C15H11F3N4OS/c1-9-2-4-10(5-3-9)22-12(15(16,17)18)11(8-20-22)13(23)21-14-19-6-7-24-14/h2-8H,1H3,(H,19,21,23). The first-order valence-electron chi connectivity index (χ1n) is 6.79. The van der Waals surface area contributed by atoms with Crippen LogP contribution >= 0.6 is 11.3 Å². The zero-order valence-electron chi connectivity index (χ0n) is 12.3. The van der Waals surface area contributed by atoms with Gasteiger partial charge in [-0.1, -0.05) is 17.7 Å². The topological polar surface area (TPSA) is 59.8 Å². The van der Waals surface area contributed by atoms with Gasteiger partial charge in [-0.3, -0.25) is 10.1 Å². The maximum absolute atomic E-state index is 13.5. The highest BCUT2D eigenvalue weighted by molar-refractivity contribution is 7.13. The summed E-state index contributed by atoms with van der Waals surface area (Å²) in [6.07, 6.45) is -2.39. The molecule has 1 amide bonds. The summed E-state index contributed by atoms with van der Waals surface area (Å²) in [6, 6.07) is 6.37. The fourth-order valence-electron chi connectivity index (χ4n) is 2.12. The van der Waals surface area contributed by atoms with Crippen LogP contribution in [0.15, 0.2) is 42.0 Å². The van der Waals surface area contributed by atoms with Crippen molar-refractivity contribution >= 4 is 22.4 Å². The molecule has 1 aromatic carbocycles. The Morgan fingerprint density at radius 2 is 1.96 bits per heavy atom. The molecular weight excluding hydrogens is 341 g/mol. The van der Waals surface area contributed by atoms with Gasteiger partial charge in [0.1, 0.15) is 0 Å². The highest BCUT2D eigenvalue weighted by Crippen LogP contribution is 2.34. The van der Waals surface area contributed by atoms with E-state index in [1.54, 1.807) is 17.5 Å². The van der Waals surface area contributed by atoms with Crippen molar-refractivity contribution < 1.29 is 18.0 Å². The lowest BCUT2D eigenvalue weighted by Crippen LogP contribution is -2.20. The molecule has 3 aromatic rings. The number of halogens is 3. The molecule has 5 nitrogen and oxygen atoms in total. The van der Waals surface area contributed by atoms with Crippen LogP contribution < -0.4 is 5.32 Å². The van der Waals surface area contributed by atoms with Gasteiger partial charge in [0.25, 0.3) is 5.91 Å². The number of amides is 1. The monoisotopic (exact) mass is 352 g/mol. The minimum absolute atomic E-state index is 0.219. The van der Waals surface area contributed by atoms with E-state index in [1.807, 2.05) is 6.92 Å². The van der Waals surface area contributed by atoms with Gasteiger partial charge in [0.05, 0.1) is 17.4 Å². The van der Waals surface area contributed by atoms with Crippen LogP contribution in [0.2, 0.25) is 0 Å². The van der Waals surface area contributed by atoms with E-state index >= 15 is 0 Å². The van der Waals surface area contributed by atoms with Gasteiger partial charge in [0, 0.05) is 11.6 Å². The van der Waals surface area contributed by atoms with Crippen LogP contribution in [0.25, 0.3) is 5.69 Å². The van der Waals surface area contributed by atoms with Gasteiger partial charge in [-0.2, -0.15) is 18.3 Å². The molecule has 0 fully saturated rings. The molecule has 0 atom stereocenters. The van der Waals surface area contributed by atoms with Crippen molar-refractivity contribution in [2.75, 3.05) is 5.32 Å². The zero-order chi connectivity index (χ0) is 17.3. The number of anilines is 1. The molecule has 9 heteroatoms. The van der Waals surface area contributed by atoms with Crippen LogP contribution in [0, 0.1) is 6.92 Å². The zero-order valence-corrected chi connectivity index (χ0v) is 13.1. The minimum Gasteiger partial charge on any atom is -0.298 e. The number of rotatable bonds is 3. The lowest BCUT2D eigenvalue weighted by molar-refractivity contribution is -0.143. The van der Waals surface area contributed by atoms with Crippen LogP contribution in [0.1, 0.15) is 21.6 Å². The fourth-order valence-corrected chi connectivity index (χ4v) is 2.64. The van der Waals surface area contributed by atoms with Gasteiger partial charge in [-0.15, -0.1) is 11.3 Å². The number of nitrogens with zero attached hydrogens (tertiary/aromatic N) is 3. The molecule has 3 rings (SSSR count). The molecule has 2 heterocycles. The second-order valence-electron chi connectivity index (χ2n) is 4.94. The van der Waals surface area contributed by atoms with Gasteiger partial charge in [0.2, 0.25) is 0 Å². The Bertz CT molecular complexity index is 854. The average Bonchev–Trinajstić information content (AvgIpc) is 3.16. The first kappa shape index (κ1) is 16.2. The minimum atomic E-state index is -4.74. The summed E-state index contributed by atoms with van der Waals surface area (Å²) in [6.45, 7) is 1.82. The summed E-state index contributed by atoms with van der Waals surface area (Å²) in [7, 11) is 0.